The van der Waals surface area contributed by atoms with Crippen LogP contribution in [0.15, 0.2) is 0 Å². The highest BCUT2D eigenvalue weighted by atomic mass is 16.6. The van der Waals surface area contributed by atoms with Crippen molar-refractivity contribution < 1.29 is 14.3 Å². The Bertz CT molecular complexity index is 464. The van der Waals surface area contributed by atoms with Gasteiger partial charge in [-0.05, 0) is 32.3 Å². The predicted molar refractivity (Wildman–Crippen MR) is 67.7 cm³/mol. The minimum atomic E-state index is -0.565. The van der Waals surface area contributed by atoms with Crippen LogP contribution in [0, 0.1) is 13.8 Å². The molecule has 3 N–H and O–H groups in total. The van der Waals surface area contributed by atoms with E-state index >= 15 is 0 Å². The van der Waals surface area contributed by atoms with Gasteiger partial charge in [0.1, 0.15) is 12.6 Å². The number of ether oxygens (including phenoxy) is 1. The first-order valence-corrected chi connectivity index (χ1v) is 6.29. The third kappa shape index (κ3) is 3.24. The maximum absolute atomic E-state index is 11.7. The molecule has 0 radical (unpaired) electrons. The average Bonchev–Trinajstić information content (AvgIpc) is 2.94. The topological polar surface area (TPSA) is 96.1 Å². The number of H-pyrrole nitrogens is 1. The van der Waals surface area contributed by atoms with E-state index in [2.05, 4.69) is 25.6 Å². The zero-order valence-corrected chi connectivity index (χ0v) is 11.1. The number of alkyl carbamates (subject to hydrolysis) is 1. The summed E-state index contributed by atoms with van der Waals surface area (Å²) in [6, 6.07) is -0.565. The summed E-state index contributed by atoms with van der Waals surface area (Å²) in [5.74, 6) is -0.202. The normalized spacial score (nSPS) is 18.0. The van der Waals surface area contributed by atoms with Crippen LogP contribution in [0.3, 0.4) is 0 Å². The number of carbonyl (C=O) groups excluding carboxylic acids is 2. The van der Waals surface area contributed by atoms with Crippen molar-refractivity contribution in [2.24, 2.45) is 0 Å². The van der Waals surface area contributed by atoms with E-state index in [9.17, 15) is 9.59 Å². The van der Waals surface area contributed by atoms with Crippen molar-refractivity contribution in [2.45, 2.75) is 32.7 Å². The van der Waals surface area contributed by atoms with Gasteiger partial charge in [0, 0.05) is 12.2 Å². The summed E-state index contributed by atoms with van der Waals surface area (Å²) >= 11 is 0. The number of nitrogens with one attached hydrogen (secondary N) is 3. The minimum absolute atomic E-state index is 0.102. The van der Waals surface area contributed by atoms with Gasteiger partial charge in [0.25, 0.3) is 0 Å². The first-order chi connectivity index (χ1) is 9.08. The third-order valence-corrected chi connectivity index (χ3v) is 3.17. The molecule has 0 aromatic carbocycles. The van der Waals surface area contributed by atoms with Gasteiger partial charge >= 0.3 is 6.09 Å². The van der Waals surface area contributed by atoms with Gasteiger partial charge in [-0.1, -0.05) is 0 Å². The molecule has 1 aromatic heterocycles. The largest absolute Gasteiger partial charge is 0.447 e. The lowest BCUT2D eigenvalue weighted by Crippen LogP contribution is -2.43. The molecule has 1 aliphatic heterocycles. The van der Waals surface area contributed by atoms with Crippen LogP contribution >= 0.6 is 0 Å². The smallest absolute Gasteiger partial charge is 0.407 e. The van der Waals surface area contributed by atoms with Crippen molar-refractivity contribution in [2.75, 3.05) is 13.2 Å². The lowest BCUT2D eigenvalue weighted by Gasteiger charge is -2.08. The number of aromatic nitrogens is 2. The monoisotopic (exact) mass is 266 g/mol. The van der Waals surface area contributed by atoms with Crippen LogP contribution in [0.5, 0.6) is 0 Å². The molecule has 7 nitrogen and oxygen atoms in total. The van der Waals surface area contributed by atoms with Crippen molar-refractivity contribution in [3.8, 4) is 0 Å². The Balaban J connectivity index is 1.70. The van der Waals surface area contributed by atoms with Crippen molar-refractivity contribution in [3.05, 3.63) is 17.0 Å². The van der Waals surface area contributed by atoms with Crippen LogP contribution < -0.4 is 10.6 Å². The van der Waals surface area contributed by atoms with Crippen molar-refractivity contribution >= 4 is 12.0 Å². The number of nitrogens with zero attached hydrogens (tertiary/aromatic N) is 1. The first-order valence-electron chi connectivity index (χ1n) is 6.29. The molecule has 1 aromatic rings. The van der Waals surface area contributed by atoms with E-state index in [1.807, 2.05) is 13.8 Å². The van der Waals surface area contributed by atoms with Crippen LogP contribution in [-0.2, 0) is 16.0 Å². The molecule has 19 heavy (non-hydrogen) atoms. The van der Waals surface area contributed by atoms with Crippen LogP contribution in [0.2, 0.25) is 0 Å². The Kier molecular flexibility index (Phi) is 4.03. The summed E-state index contributed by atoms with van der Waals surface area (Å²) in [5.41, 5.74) is 3.27. The number of aromatic amines is 1. The zero-order valence-electron chi connectivity index (χ0n) is 11.1. The fourth-order valence-electron chi connectivity index (χ4n) is 2.07. The van der Waals surface area contributed by atoms with Gasteiger partial charge in [0.2, 0.25) is 5.91 Å². The molecule has 2 rings (SSSR count). The number of amides is 2. The fourth-order valence-corrected chi connectivity index (χ4v) is 2.07. The summed E-state index contributed by atoms with van der Waals surface area (Å²) < 4.78 is 4.66. The van der Waals surface area contributed by atoms with Gasteiger partial charge in [-0.2, -0.15) is 5.10 Å². The second-order valence-corrected chi connectivity index (χ2v) is 4.60. The number of hydrogen-bond donors (Lipinski definition) is 3. The number of hydrogen-bond acceptors (Lipinski definition) is 4. The molecular weight excluding hydrogens is 248 g/mol. The lowest BCUT2D eigenvalue weighted by molar-refractivity contribution is -0.122. The van der Waals surface area contributed by atoms with Crippen molar-refractivity contribution in [1.29, 1.82) is 0 Å². The van der Waals surface area contributed by atoms with Crippen LogP contribution in [0.4, 0.5) is 4.79 Å². The van der Waals surface area contributed by atoms with E-state index in [1.165, 1.54) is 5.56 Å². The van der Waals surface area contributed by atoms with E-state index in [-0.39, 0.29) is 12.5 Å². The SMILES string of the molecule is Cc1n[nH]c(C)c1CCCNC(=O)[C@@H]1COC(=O)N1. The predicted octanol–water partition coefficient (Wildman–Crippen LogP) is 0.184. The quantitative estimate of drug-likeness (QED) is 0.663. The van der Waals surface area contributed by atoms with E-state index in [1.54, 1.807) is 0 Å². The minimum Gasteiger partial charge on any atom is -0.447 e. The molecular formula is C12H18N4O3. The summed E-state index contributed by atoms with van der Waals surface area (Å²) in [7, 11) is 0. The first kappa shape index (κ1) is 13.4. The highest BCUT2D eigenvalue weighted by Gasteiger charge is 2.28. The van der Waals surface area contributed by atoms with Crippen LogP contribution in [-0.4, -0.2) is 41.4 Å². The molecule has 2 heterocycles. The van der Waals surface area contributed by atoms with Gasteiger partial charge in [0.15, 0.2) is 0 Å². The summed E-state index contributed by atoms with van der Waals surface area (Å²) in [6.45, 7) is 4.61. The number of cyclic esters (lactones) is 1. The van der Waals surface area contributed by atoms with Gasteiger partial charge in [0.05, 0.1) is 5.69 Å². The Morgan fingerprint density at radius 3 is 2.89 bits per heavy atom. The van der Waals surface area contributed by atoms with Gasteiger partial charge in [-0.25, -0.2) is 4.79 Å². The number of aryl methyl sites for hydroxylation is 2. The molecule has 104 valence electrons. The molecule has 1 fully saturated rings. The lowest BCUT2D eigenvalue weighted by atomic mass is 10.1. The molecule has 0 saturated carbocycles. The summed E-state index contributed by atoms with van der Waals surface area (Å²) in [5, 5.41) is 12.3. The van der Waals surface area contributed by atoms with Crippen LogP contribution in [0.25, 0.3) is 0 Å². The Hall–Kier alpha value is -2.05. The van der Waals surface area contributed by atoms with Crippen molar-refractivity contribution in [1.82, 2.24) is 20.8 Å². The summed E-state index contributed by atoms with van der Waals surface area (Å²) in [6.07, 6.45) is 1.15. The number of carbonyl (C=O) groups is 2. The molecule has 0 bridgehead atoms. The summed E-state index contributed by atoms with van der Waals surface area (Å²) in [4.78, 5) is 22.5. The van der Waals surface area contributed by atoms with E-state index in [0.717, 1.165) is 24.2 Å². The van der Waals surface area contributed by atoms with Gasteiger partial charge in [-0.15, -0.1) is 0 Å². The van der Waals surface area contributed by atoms with Gasteiger partial charge in [-0.3, -0.25) is 9.89 Å². The zero-order chi connectivity index (χ0) is 13.8. The standard InChI is InChI=1S/C12H18N4O3/c1-7-9(8(2)16-15-7)4-3-5-13-11(17)10-6-19-12(18)14-10/h10H,3-6H2,1-2H3,(H,13,17)(H,14,18)(H,15,16)/t10-/m0/s1. The fraction of sp³-hybridized carbons (Fsp3) is 0.583. The molecule has 1 saturated heterocycles. The van der Waals surface area contributed by atoms with Crippen molar-refractivity contribution in [3.63, 3.8) is 0 Å². The number of rotatable bonds is 5. The maximum atomic E-state index is 11.7. The van der Waals surface area contributed by atoms with E-state index < -0.39 is 12.1 Å². The van der Waals surface area contributed by atoms with E-state index in [4.69, 9.17) is 0 Å². The molecule has 0 unspecified atom stereocenters. The molecule has 2 amide bonds. The molecule has 1 aliphatic rings. The molecule has 0 aliphatic carbocycles. The highest BCUT2D eigenvalue weighted by molar-refractivity contribution is 5.87. The molecule has 0 spiro atoms. The molecule has 1 atom stereocenters. The van der Waals surface area contributed by atoms with Crippen LogP contribution in [0.1, 0.15) is 23.4 Å². The Labute approximate surface area is 111 Å². The Morgan fingerprint density at radius 2 is 2.32 bits per heavy atom. The van der Waals surface area contributed by atoms with Gasteiger partial charge < -0.3 is 15.4 Å². The maximum Gasteiger partial charge on any atom is 0.407 e. The molecule has 7 heteroatoms. The van der Waals surface area contributed by atoms with E-state index in [0.29, 0.717) is 6.54 Å². The Morgan fingerprint density at radius 1 is 1.53 bits per heavy atom. The second-order valence-electron chi connectivity index (χ2n) is 4.60. The average molecular weight is 266 g/mol. The third-order valence-electron chi connectivity index (χ3n) is 3.17. The second kappa shape index (κ2) is 5.73. The highest BCUT2D eigenvalue weighted by Crippen LogP contribution is 2.11.